The normalized spacial score (nSPS) is 15.6. The highest BCUT2D eigenvalue weighted by molar-refractivity contribution is 6.50. The zero-order valence-electron chi connectivity index (χ0n) is 18.8. The molecule has 2 aliphatic rings. The number of aliphatic carboxylic acids is 1. The van der Waals surface area contributed by atoms with Gasteiger partial charge in [0.15, 0.2) is 0 Å². The summed E-state index contributed by atoms with van der Waals surface area (Å²) in [5.74, 6) is -4.10. The molecule has 190 valence electrons. The molecule has 2 aromatic carbocycles. The summed E-state index contributed by atoms with van der Waals surface area (Å²) in [4.78, 5) is 34.6. The van der Waals surface area contributed by atoms with Gasteiger partial charge in [0, 0.05) is 47.7 Å². The predicted molar refractivity (Wildman–Crippen MR) is 123 cm³/mol. The number of alkyl halides is 3. The lowest BCUT2D eigenvalue weighted by Crippen LogP contribution is -2.22. The van der Waals surface area contributed by atoms with Crippen molar-refractivity contribution in [1.82, 2.24) is 15.2 Å². The molecule has 37 heavy (non-hydrogen) atoms. The van der Waals surface area contributed by atoms with E-state index in [9.17, 15) is 27.2 Å². The molecule has 0 atom stereocenters. The van der Waals surface area contributed by atoms with Crippen molar-refractivity contribution in [3.63, 3.8) is 0 Å². The zero-order chi connectivity index (χ0) is 26.5. The van der Waals surface area contributed by atoms with E-state index in [0.29, 0.717) is 35.2 Å². The summed E-state index contributed by atoms with van der Waals surface area (Å²) in [7, 11) is 0. The fourth-order valence-corrected chi connectivity index (χ4v) is 4.56. The maximum Gasteiger partial charge on any atom is 0.490 e. The van der Waals surface area contributed by atoms with E-state index in [0.717, 1.165) is 23.0 Å². The van der Waals surface area contributed by atoms with Gasteiger partial charge < -0.3 is 19.4 Å². The molecule has 8 nitrogen and oxygen atoms in total. The quantitative estimate of drug-likeness (QED) is 0.276. The number of carbonyl (C=O) groups is 3. The van der Waals surface area contributed by atoms with Crippen LogP contribution in [0.2, 0.25) is 0 Å². The highest BCUT2D eigenvalue weighted by Gasteiger charge is 2.38. The lowest BCUT2D eigenvalue weighted by atomic mass is 9.95. The number of carboxylic acid groups (broad SMARTS) is 1. The number of hydrogen-bond acceptors (Lipinski definition) is 5. The van der Waals surface area contributed by atoms with Gasteiger partial charge in [0.2, 0.25) is 0 Å². The number of aromatic nitrogens is 1. The minimum Gasteiger partial charge on any atom is -0.475 e. The lowest BCUT2D eigenvalue weighted by Gasteiger charge is -2.05. The van der Waals surface area contributed by atoms with Crippen molar-refractivity contribution in [2.24, 2.45) is 0 Å². The van der Waals surface area contributed by atoms with Crippen LogP contribution in [-0.4, -0.2) is 40.2 Å². The van der Waals surface area contributed by atoms with Gasteiger partial charge in [-0.15, -0.1) is 0 Å². The average Bonchev–Trinajstić information content (AvgIpc) is 3.44. The molecule has 4 aromatic rings. The molecule has 6 rings (SSSR count). The summed E-state index contributed by atoms with van der Waals surface area (Å²) in [5, 5.41) is 14.2. The fourth-order valence-electron chi connectivity index (χ4n) is 4.56. The molecule has 2 amide bonds. The standard InChI is InChI=1S/C23H16FN3O3.C2HF3O2/c24-13-7-12-9-25-5-6-27-10-16(15(8-13)21(12)27)19-20(23(29)26-22(19)28)17-11-30-18-4-2-1-3-14(17)18;3-2(4,5)1(6)7/h1-4,7-8,10-11,25H,5-6,9H2,(H,26,28,29);(H,6,7). The largest absolute Gasteiger partial charge is 0.490 e. The Labute approximate surface area is 205 Å². The zero-order valence-corrected chi connectivity index (χ0v) is 18.8. The van der Waals surface area contributed by atoms with Crippen molar-refractivity contribution in [2.75, 3.05) is 6.54 Å². The summed E-state index contributed by atoms with van der Waals surface area (Å²) >= 11 is 0. The number of imide groups is 1. The molecule has 2 aliphatic heterocycles. The van der Waals surface area contributed by atoms with Crippen LogP contribution in [0, 0.1) is 5.82 Å². The van der Waals surface area contributed by atoms with E-state index in [-0.39, 0.29) is 17.0 Å². The number of furan rings is 1. The van der Waals surface area contributed by atoms with Crippen LogP contribution in [0.1, 0.15) is 16.7 Å². The van der Waals surface area contributed by atoms with Crippen molar-refractivity contribution >= 4 is 50.8 Å². The third kappa shape index (κ3) is 4.25. The number of hydrogen-bond donors (Lipinski definition) is 3. The van der Waals surface area contributed by atoms with Crippen LogP contribution in [0.4, 0.5) is 17.6 Å². The van der Waals surface area contributed by atoms with E-state index in [1.54, 1.807) is 6.07 Å². The average molecular weight is 515 g/mol. The second-order valence-electron chi connectivity index (χ2n) is 8.36. The van der Waals surface area contributed by atoms with Crippen molar-refractivity contribution in [2.45, 2.75) is 19.3 Å². The van der Waals surface area contributed by atoms with Crippen molar-refractivity contribution in [3.05, 3.63) is 71.4 Å². The van der Waals surface area contributed by atoms with Gasteiger partial charge in [-0.05, 0) is 23.8 Å². The summed E-state index contributed by atoms with van der Waals surface area (Å²) in [6.45, 7) is 1.95. The molecular weight excluding hydrogens is 498 g/mol. The molecule has 0 bridgehead atoms. The van der Waals surface area contributed by atoms with Crippen molar-refractivity contribution in [3.8, 4) is 0 Å². The van der Waals surface area contributed by atoms with Gasteiger partial charge in [0.05, 0.1) is 22.9 Å². The Morgan fingerprint density at radius 3 is 2.41 bits per heavy atom. The number of halogens is 4. The second-order valence-corrected chi connectivity index (χ2v) is 8.36. The van der Waals surface area contributed by atoms with Gasteiger partial charge >= 0.3 is 12.1 Å². The Balaban J connectivity index is 0.000000355. The van der Waals surface area contributed by atoms with Gasteiger partial charge in [-0.3, -0.25) is 14.9 Å². The first-order valence-electron chi connectivity index (χ1n) is 10.9. The molecule has 0 fully saturated rings. The first kappa shape index (κ1) is 24.3. The third-order valence-corrected chi connectivity index (χ3v) is 6.05. The Bertz CT molecular complexity index is 1630. The number of nitrogens with one attached hydrogen (secondary N) is 2. The van der Waals surface area contributed by atoms with Crippen LogP contribution in [0.5, 0.6) is 0 Å². The number of rotatable bonds is 2. The van der Waals surface area contributed by atoms with Crippen LogP contribution in [0.25, 0.3) is 33.0 Å². The molecule has 2 aromatic heterocycles. The molecule has 4 heterocycles. The molecule has 0 saturated heterocycles. The SMILES string of the molecule is O=C(O)C(F)(F)F.O=C1NC(=O)C(c2cn3c4c(cc(F)cc24)CNCC3)=C1c1coc2ccccc12. The molecule has 0 radical (unpaired) electrons. The fraction of sp³-hybridized carbons (Fsp3) is 0.160. The summed E-state index contributed by atoms with van der Waals surface area (Å²) in [6, 6.07) is 10.3. The first-order chi connectivity index (χ1) is 17.6. The molecule has 0 aliphatic carbocycles. The number of carboxylic acids is 1. The molecule has 0 unspecified atom stereocenters. The number of carbonyl (C=O) groups excluding carboxylic acids is 2. The Hall–Kier alpha value is -4.45. The smallest absolute Gasteiger partial charge is 0.475 e. The van der Waals surface area contributed by atoms with Gasteiger partial charge in [-0.2, -0.15) is 13.2 Å². The van der Waals surface area contributed by atoms with Crippen LogP contribution < -0.4 is 10.6 Å². The molecule has 12 heteroatoms. The van der Waals surface area contributed by atoms with Gasteiger partial charge in [-0.25, -0.2) is 9.18 Å². The lowest BCUT2D eigenvalue weighted by molar-refractivity contribution is -0.192. The molecule has 0 saturated carbocycles. The van der Waals surface area contributed by atoms with Crippen LogP contribution in [-0.2, 0) is 27.5 Å². The van der Waals surface area contributed by atoms with Crippen LogP contribution in [0.3, 0.4) is 0 Å². The number of nitrogens with zero attached hydrogens (tertiary/aromatic N) is 1. The number of fused-ring (bicyclic) bond motifs is 1. The minimum absolute atomic E-state index is 0.250. The topological polar surface area (TPSA) is 114 Å². The van der Waals surface area contributed by atoms with Gasteiger partial charge in [0.25, 0.3) is 11.8 Å². The second kappa shape index (κ2) is 8.89. The van der Waals surface area contributed by atoms with E-state index in [1.807, 2.05) is 29.0 Å². The van der Waals surface area contributed by atoms with E-state index in [4.69, 9.17) is 14.3 Å². The summed E-state index contributed by atoms with van der Waals surface area (Å²) in [5.41, 5.74) is 3.95. The summed E-state index contributed by atoms with van der Waals surface area (Å²) < 4.78 is 53.8. The van der Waals surface area contributed by atoms with Gasteiger partial charge in [-0.1, -0.05) is 18.2 Å². The van der Waals surface area contributed by atoms with Gasteiger partial charge in [0.1, 0.15) is 11.4 Å². The van der Waals surface area contributed by atoms with Crippen LogP contribution in [0.15, 0.2) is 53.3 Å². The summed E-state index contributed by atoms with van der Waals surface area (Å²) in [6.07, 6.45) is -1.74. The van der Waals surface area contributed by atoms with E-state index in [2.05, 4.69) is 10.6 Å². The Morgan fingerprint density at radius 2 is 1.70 bits per heavy atom. The molecule has 0 spiro atoms. The number of para-hydroxylation sites is 1. The maximum absolute atomic E-state index is 14.4. The first-order valence-corrected chi connectivity index (χ1v) is 10.9. The highest BCUT2D eigenvalue weighted by Crippen LogP contribution is 2.40. The third-order valence-electron chi connectivity index (χ3n) is 6.05. The Kier molecular flexibility index (Phi) is 5.83. The van der Waals surface area contributed by atoms with E-state index in [1.165, 1.54) is 18.4 Å². The number of amides is 2. The van der Waals surface area contributed by atoms with E-state index >= 15 is 0 Å². The van der Waals surface area contributed by atoms with Crippen LogP contribution >= 0.6 is 0 Å². The van der Waals surface area contributed by atoms with Crippen molar-refractivity contribution in [1.29, 1.82) is 0 Å². The predicted octanol–water partition coefficient (Wildman–Crippen LogP) is 3.83. The molecule has 3 N–H and O–H groups in total. The van der Waals surface area contributed by atoms with E-state index < -0.39 is 24.0 Å². The minimum atomic E-state index is -5.08. The molecular formula is C25H17F4N3O5. The highest BCUT2D eigenvalue weighted by atomic mass is 19.4. The Morgan fingerprint density at radius 1 is 1.03 bits per heavy atom. The monoisotopic (exact) mass is 515 g/mol. The maximum atomic E-state index is 14.4. The number of benzene rings is 2. The van der Waals surface area contributed by atoms with Crippen molar-refractivity contribution < 1.29 is 41.5 Å².